The number of hydrogen-bond donors (Lipinski definition) is 0. The third-order valence-electron chi connectivity index (χ3n) is 3.00. The maximum absolute atomic E-state index is 12.2. The van der Waals surface area contributed by atoms with Crippen LogP contribution in [0.5, 0.6) is 0 Å². The zero-order valence-electron chi connectivity index (χ0n) is 10.4. The van der Waals surface area contributed by atoms with Gasteiger partial charge in [-0.2, -0.15) is 0 Å². The molecular weight excluding hydrogens is 323 g/mol. The first kappa shape index (κ1) is 12.8. The van der Waals surface area contributed by atoms with Gasteiger partial charge in [-0.1, -0.05) is 0 Å². The number of nitro benzene ring substituents is 1. The molecule has 2 aromatic carbocycles. The summed E-state index contributed by atoms with van der Waals surface area (Å²) in [7, 11) is 0. The van der Waals surface area contributed by atoms with Gasteiger partial charge in [0.2, 0.25) is 0 Å². The molecule has 3 aromatic rings. The molecule has 100 valence electrons. The number of nitro groups is 1. The van der Waals surface area contributed by atoms with E-state index in [2.05, 4.69) is 0 Å². The SMILES string of the molecule is O=c1c2ccccc2[se]n1Cc1cccc([N+](=O)[O-])c1. The number of hydrogen-bond acceptors (Lipinski definition) is 3. The van der Waals surface area contributed by atoms with Crippen molar-refractivity contribution in [2.45, 2.75) is 6.54 Å². The van der Waals surface area contributed by atoms with E-state index in [-0.39, 0.29) is 26.0 Å². The number of benzene rings is 2. The number of nitrogens with zero attached hydrogens (tertiary/aromatic N) is 2. The maximum atomic E-state index is 12.2. The molecule has 5 nitrogen and oxygen atoms in total. The molecule has 20 heavy (non-hydrogen) atoms. The van der Waals surface area contributed by atoms with Crippen LogP contribution in [0.2, 0.25) is 0 Å². The molecule has 0 bridgehead atoms. The van der Waals surface area contributed by atoms with Crippen molar-refractivity contribution in [2.24, 2.45) is 0 Å². The van der Waals surface area contributed by atoms with Gasteiger partial charge in [0.1, 0.15) is 0 Å². The van der Waals surface area contributed by atoms with E-state index in [4.69, 9.17) is 0 Å². The zero-order chi connectivity index (χ0) is 14.1. The monoisotopic (exact) mass is 334 g/mol. The van der Waals surface area contributed by atoms with E-state index in [1.54, 1.807) is 15.7 Å². The van der Waals surface area contributed by atoms with Gasteiger partial charge in [0.25, 0.3) is 0 Å². The van der Waals surface area contributed by atoms with Gasteiger partial charge in [0.15, 0.2) is 0 Å². The molecule has 6 heteroatoms. The van der Waals surface area contributed by atoms with Gasteiger partial charge in [-0.05, 0) is 0 Å². The Morgan fingerprint density at radius 3 is 2.70 bits per heavy atom. The predicted octanol–water partition coefficient (Wildman–Crippen LogP) is 2.01. The van der Waals surface area contributed by atoms with E-state index in [1.165, 1.54) is 12.1 Å². The van der Waals surface area contributed by atoms with E-state index in [9.17, 15) is 14.9 Å². The van der Waals surface area contributed by atoms with Gasteiger partial charge in [0.05, 0.1) is 0 Å². The van der Waals surface area contributed by atoms with Crippen LogP contribution in [0.25, 0.3) is 9.65 Å². The van der Waals surface area contributed by atoms with E-state index in [0.717, 1.165) is 15.2 Å². The molecule has 3 rings (SSSR count). The Kier molecular flexibility index (Phi) is 3.26. The van der Waals surface area contributed by atoms with Crippen LogP contribution in [-0.2, 0) is 6.54 Å². The van der Waals surface area contributed by atoms with E-state index in [1.807, 2.05) is 24.3 Å². The van der Waals surface area contributed by atoms with Crippen molar-refractivity contribution in [2.75, 3.05) is 0 Å². The third-order valence-corrected chi connectivity index (χ3v) is 5.24. The van der Waals surface area contributed by atoms with Gasteiger partial charge >= 0.3 is 120 Å². The molecule has 0 aliphatic carbocycles. The standard InChI is InChI=1S/C14H10N2O3Se/c17-14-12-6-1-2-7-13(12)20-15(14)9-10-4-3-5-11(8-10)16(18)19/h1-8H,9H2. The quantitative estimate of drug-likeness (QED) is 0.418. The molecule has 0 spiro atoms. The van der Waals surface area contributed by atoms with Gasteiger partial charge < -0.3 is 0 Å². The van der Waals surface area contributed by atoms with Crippen LogP contribution >= 0.6 is 0 Å². The molecule has 0 saturated heterocycles. The minimum absolute atomic E-state index is 0.00658. The third kappa shape index (κ3) is 2.31. The van der Waals surface area contributed by atoms with Crippen molar-refractivity contribution in [3.63, 3.8) is 0 Å². The van der Waals surface area contributed by atoms with Gasteiger partial charge in [-0.15, -0.1) is 0 Å². The predicted molar refractivity (Wildman–Crippen MR) is 77.3 cm³/mol. The van der Waals surface area contributed by atoms with Crippen LogP contribution < -0.4 is 5.56 Å². The fourth-order valence-corrected chi connectivity index (χ4v) is 4.21. The Labute approximate surface area is 120 Å². The molecule has 0 saturated carbocycles. The van der Waals surface area contributed by atoms with E-state index >= 15 is 0 Å². The Bertz CT molecular complexity index is 851. The summed E-state index contributed by atoms with van der Waals surface area (Å²) < 4.78 is 2.83. The molecule has 1 heterocycles. The molecular formula is C14H10N2O3Se. The summed E-state index contributed by atoms with van der Waals surface area (Å²) in [4.78, 5) is 22.6. The van der Waals surface area contributed by atoms with Crippen molar-refractivity contribution >= 4 is 30.1 Å². The second-order valence-corrected chi connectivity index (χ2v) is 6.59. The number of rotatable bonds is 3. The summed E-state index contributed by atoms with van der Waals surface area (Å²) in [5, 5.41) is 11.5. The first-order valence-corrected chi connectivity index (χ1v) is 7.59. The van der Waals surface area contributed by atoms with Crippen molar-refractivity contribution in [1.29, 1.82) is 0 Å². The van der Waals surface area contributed by atoms with Crippen molar-refractivity contribution in [3.8, 4) is 0 Å². The summed E-state index contributed by atoms with van der Waals surface area (Å²) in [6.07, 6.45) is 0. The van der Waals surface area contributed by atoms with Gasteiger partial charge in [-0.25, -0.2) is 0 Å². The van der Waals surface area contributed by atoms with Gasteiger partial charge in [0, 0.05) is 0 Å². The molecule has 0 amide bonds. The Hall–Kier alpha value is -2.17. The second kappa shape index (κ2) is 5.07. The molecule has 0 unspecified atom stereocenters. The average Bonchev–Trinajstić information content (AvgIpc) is 2.76. The van der Waals surface area contributed by atoms with E-state index < -0.39 is 4.92 Å². The van der Waals surface area contributed by atoms with Crippen LogP contribution in [0.1, 0.15) is 5.56 Å². The number of non-ortho nitro benzene ring substituents is 1. The summed E-state index contributed by atoms with van der Waals surface area (Å²) in [5.41, 5.74) is 0.841. The van der Waals surface area contributed by atoms with Crippen LogP contribution in [0.4, 0.5) is 5.69 Å². The Morgan fingerprint density at radius 1 is 1.15 bits per heavy atom. The molecule has 0 radical (unpaired) electrons. The fraction of sp³-hybridized carbons (Fsp3) is 0.0714. The van der Waals surface area contributed by atoms with Crippen molar-refractivity contribution in [1.82, 2.24) is 3.56 Å². The molecule has 0 aliphatic heterocycles. The molecule has 1 aromatic heterocycles. The number of aromatic nitrogens is 1. The van der Waals surface area contributed by atoms with Crippen LogP contribution in [0.15, 0.2) is 53.3 Å². The summed E-state index contributed by atoms with van der Waals surface area (Å²) >= 11 is -0.0572. The molecule has 0 atom stereocenters. The molecule has 0 fully saturated rings. The Morgan fingerprint density at radius 2 is 1.95 bits per heavy atom. The van der Waals surface area contributed by atoms with E-state index in [0.29, 0.717) is 6.54 Å². The van der Waals surface area contributed by atoms with Crippen molar-refractivity contribution in [3.05, 3.63) is 74.6 Å². The second-order valence-electron chi connectivity index (χ2n) is 4.36. The van der Waals surface area contributed by atoms with Crippen LogP contribution in [0.3, 0.4) is 0 Å². The molecule has 0 aliphatic rings. The van der Waals surface area contributed by atoms with Crippen molar-refractivity contribution < 1.29 is 4.92 Å². The van der Waals surface area contributed by atoms with Crippen LogP contribution in [0, 0.1) is 10.1 Å². The topological polar surface area (TPSA) is 65.1 Å². The first-order chi connectivity index (χ1) is 9.65. The minimum atomic E-state index is -0.421. The summed E-state index contributed by atoms with van der Waals surface area (Å²) in [6.45, 7) is 0.412. The normalized spacial score (nSPS) is 10.8. The molecule has 0 N–H and O–H groups in total. The summed E-state index contributed by atoms with van der Waals surface area (Å²) in [5.74, 6) is 0. The van der Waals surface area contributed by atoms with Crippen LogP contribution in [-0.4, -0.2) is 23.2 Å². The number of fused-ring (bicyclic) bond motifs is 1. The summed E-state index contributed by atoms with van der Waals surface area (Å²) in [6, 6.07) is 14.0. The fourth-order valence-electron chi connectivity index (χ4n) is 2.06. The van der Waals surface area contributed by atoms with Gasteiger partial charge in [-0.3, -0.25) is 0 Å². The first-order valence-electron chi connectivity index (χ1n) is 5.97. The zero-order valence-corrected chi connectivity index (χ0v) is 12.1. The average molecular weight is 333 g/mol. The Balaban J connectivity index is 2.01.